The van der Waals surface area contributed by atoms with Gasteiger partial charge in [-0.25, -0.2) is 0 Å². The Morgan fingerprint density at radius 3 is 2.50 bits per heavy atom. The maximum Gasteiger partial charge on any atom is -0.00851 e. The minimum atomic E-state index is 0.551. The van der Waals surface area contributed by atoms with Gasteiger partial charge in [0.15, 0.2) is 0 Å². The number of hydrogen-bond acceptors (Lipinski definition) is 0. The second kappa shape index (κ2) is 8.94. The molecule has 4 rings (SSSR count). The highest BCUT2D eigenvalue weighted by Crippen LogP contribution is 2.67. The van der Waals surface area contributed by atoms with Crippen LogP contribution in [0.15, 0.2) is 11.6 Å². The second-order valence-electron chi connectivity index (χ2n) is 13.2. The molecule has 0 nitrogen and oxygen atoms in total. The molecule has 0 aromatic heterocycles. The first-order valence-electron chi connectivity index (χ1n) is 14.0. The van der Waals surface area contributed by atoms with Gasteiger partial charge in [-0.3, -0.25) is 0 Å². The van der Waals surface area contributed by atoms with Crippen molar-refractivity contribution < 1.29 is 0 Å². The number of fused-ring (bicyclic) bond motifs is 5. The molecule has 3 saturated carbocycles. The summed E-state index contributed by atoms with van der Waals surface area (Å²) in [5, 5.41) is 0. The zero-order valence-corrected chi connectivity index (χ0v) is 21.3. The predicted octanol–water partition coefficient (Wildman–Crippen LogP) is 9.44. The molecule has 4 aliphatic carbocycles. The van der Waals surface area contributed by atoms with Crippen LogP contribution in [0.1, 0.15) is 125 Å². The minimum Gasteiger partial charge on any atom is -0.0845 e. The molecule has 30 heavy (non-hydrogen) atoms. The summed E-state index contributed by atoms with van der Waals surface area (Å²) in [5.74, 6) is 6.79. The molecule has 0 amide bonds. The molecule has 0 N–H and O–H groups in total. The third kappa shape index (κ3) is 3.96. The average molecular weight is 413 g/mol. The second-order valence-corrected chi connectivity index (χ2v) is 13.2. The molecule has 0 heterocycles. The van der Waals surface area contributed by atoms with E-state index in [9.17, 15) is 0 Å². The molecule has 3 fully saturated rings. The van der Waals surface area contributed by atoms with Crippen molar-refractivity contribution in [1.82, 2.24) is 0 Å². The quantitative estimate of drug-likeness (QED) is 0.365. The summed E-state index contributed by atoms with van der Waals surface area (Å²) < 4.78 is 0. The summed E-state index contributed by atoms with van der Waals surface area (Å²) in [6, 6.07) is 0. The molecule has 4 aliphatic rings. The Morgan fingerprint density at radius 1 is 0.967 bits per heavy atom. The fourth-order valence-electron chi connectivity index (χ4n) is 9.42. The van der Waals surface area contributed by atoms with E-state index in [1.807, 2.05) is 5.57 Å². The number of hydrogen-bond donors (Lipinski definition) is 0. The van der Waals surface area contributed by atoms with Crippen LogP contribution < -0.4 is 0 Å². The van der Waals surface area contributed by atoms with Crippen LogP contribution in [-0.4, -0.2) is 0 Å². The highest BCUT2D eigenvalue weighted by molar-refractivity contribution is 5.25. The summed E-state index contributed by atoms with van der Waals surface area (Å²) >= 11 is 0. The Balaban J connectivity index is 1.47. The minimum absolute atomic E-state index is 0.551. The van der Waals surface area contributed by atoms with Crippen molar-refractivity contribution in [3.05, 3.63) is 11.6 Å². The van der Waals surface area contributed by atoms with Crippen LogP contribution in [0.4, 0.5) is 0 Å². The third-order valence-corrected chi connectivity index (χ3v) is 11.1. The Bertz CT molecular complexity index is 614. The van der Waals surface area contributed by atoms with Crippen molar-refractivity contribution >= 4 is 0 Å². The first-order valence-corrected chi connectivity index (χ1v) is 14.0. The van der Waals surface area contributed by atoms with Crippen LogP contribution in [0.2, 0.25) is 0 Å². The van der Waals surface area contributed by atoms with Crippen LogP contribution in [0.25, 0.3) is 0 Å². The van der Waals surface area contributed by atoms with E-state index in [0.717, 1.165) is 41.4 Å². The van der Waals surface area contributed by atoms with Gasteiger partial charge in [0, 0.05) is 0 Å². The molecule has 172 valence electrons. The van der Waals surface area contributed by atoms with Crippen molar-refractivity contribution in [2.24, 2.45) is 52.3 Å². The first kappa shape index (κ1) is 22.9. The van der Waals surface area contributed by atoms with E-state index in [2.05, 4.69) is 47.6 Å². The van der Waals surface area contributed by atoms with Gasteiger partial charge >= 0.3 is 0 Å². The zero-order valence-electron chi connectivity index (χ0n) is 21.3. The number of allylic oxidation sites excluding steroid dienone is 2. The van der Waals surface area contributed by atoms with Gasteiger partial charge in [0.2, 0.25) is 0 Å². The molecule has 0 spiro atoms. The molecule has 0 heteroatoms. The fraction of sp³-hybridized carbons (Fsp3) is 0.933. The van der Waals surface area contributed by atoms with Crippen molar-refractivity contribution in [2.45, 2.75) is 125 Å². The molecule has 0 aromatic rings. The first-order chi connectivity index (χ1) is 14.3. The highest BCUT2D eigenvalue weighted by atomic mass is 14.6. The molecule has 8 atom stereocenters. The number of rotatable bonds is 7. The van der Waals surface area contributed by atoms with E-state index in [0.29, 0.717) is 10.8 Å². The molecule has 0 saturated heterocycles. The third-order valence-electron chi connectivity index (χ3n) is 11.1. The largest absolute Gasteiger partial charge is 0.0845 e. The Hall–Kier alpha value is -0.260. The van der Waals surface area contributed by atoms with E-state index < -0.39 is 0 Å². The van der Waals surface area contributed by atoms with Crippen molar-refractivity contribution in [3.63, 3.8) is 0 Å². The molecule has 0 radical (unpaired) electrons. The normalized spacial score (nSPS) is 44.2. The topological polar surface area (TPSA) is 0 Å². The Morgan fingerprint density at radius 2 is 1.77 bits per heavy atom. The van der Waals surface area contributed by atoms with Crippen molar-refractivity contribution in [1.29, 1.82) is 0 Å². The van der Waals surface area contributed by atoms with Crippen molar-refractivity contribution in [3.8, 4) is 0 Å². The van der Waals surface area contributed by atoms with Gasteiger partial charge in [-0.1, -0.05) is 85.3 Å². The van der Waals surface area contributed by atoms with Gasteiger partial charge in [0.05, 0.1) is 0 Å². The smallest absolute Gasteiger partial charge is 0.00851 e. The monoisotopic (exact) mass is 412 g/mol. The standard InChI is InChI=1S/C30H52/c1-7-9-23-16-18-29(5)24(20-23)12-13-25-27-15-14-26(22(4)11-8-10-21(2)3)30(27,6)19-17-28(25)29/h12,21-23,25-28H,7-11,13-20H2,1-6H3/t22-,23?,25?,26-,27?,28?,29+,30-/m1/s1. The molecular formula is C30H52. The molecular weight excluding hydrogens is 360 g/mol. The predicted molar refractivity (Wildman–Crippen MR) is 131 cm³/mol. The molecule has 0 aliphatic heterocycles. The van der Waals surface area contributed by atoms with Crippen molar-refractivity contribution in [2.75, 3.05) is 0 Å². The highest BCUT2D eigenvalue weighted by Gasteiger charge is 2.59. The average Bonchev–Trinajstić information content (AvgIpc) is 3.05. The van der Waals surface area contributed by atoms with E-state index in [4.69, 9.17) is 0 Å². The van der Waals surface area contributed by atoms with Gasteiger partial charge in [0.1, 0.15) is 0 Å². The van der Waals surface area contributed by atoms with Crippen LogP contribution in [-0.2, 0) is 0 Å². The molecule has 0 aromatic carbocycles. The zero-order chi connectivity index (χ0) is 21.5. The van der Waals surface area contributed by atoms with Gasteiger partial charge < -0.3 is 0 Å². The summed E-state index contributed by atoms with van der Waals surface area (Å²) in [6.07, 6.45) is 21.9. The Kier molecular flexibility index (Phi) is 6.83. The van der Waals surface area contributed by atoms with Crippen LogP contribution in [0, 0.1) is 52.3 Å². The van der Waals surface area contributed by atoms with Gasteiger partial charge in [0.25, 0.3) is 0 Å². The maximum absolute atomic E-state index is 2.79. The molecule has 0 bridgehead atoms. The van der Waals surface area contributed by atoms with E-state index >= 15 is 0 Å². The van der Waals surface area contributed by atoms with Gasteiger partial charge in [-0.2, -0.15) is 0 Å². The van der Waals surface area contributed by atoms with E-state index in [-0.39, 0.29) is 0 Å². The summed E-state index contributed by atoms with van der Waals surface area (Å²) in [5.41, 5.74) is 3.09. The lowest BCUT2D eigenvalue weighted by Gasteiger charge is -2.58. The Labute approximate surface area is 189 Å². The summed E-state index contributed by atoms with van der Waals surface area (Å²) in [6.45, 7) is 15.2. The fourth-order valence-corrected chi connectivity index (χ4v) is 9.42. The molecule has 4 unspecified atom stereocenters. The summed E-state index contributed by atoms with van der Waals surface area (Å²) in [7, 11) is 0. The lowest BCUT2D eigenvalue weighted by molar-refractivity contribution is -0.0529. The maximum atomic E-state index is 2.79. The lowest BCUT2D eigenvalue weighted by atomic mass is 9.46. The van der Waals surface area contributed by atoms with Crippen LogP contribution in [0.3, 0.4) is 0 Å². The van der Waals surface area contributed by atoms with E-state index in [1.54, 1.807) is 0 Å². The van der Waals surface area contributed by atoms with Crippen LogP contribution >= 0.6 is 0 Å². The summed E-state index contributed by atoms with van der Waals surface area (Å²) in [4.78, 5) is 0. The van der Waals surface area contributed by atoms with Gasteiger partial charge in [-0.15, -0.1) is 0 Å². The van der Waals surface area contributed by atoms with Gasteiger partial charge in [-0.05, 0) is 104 Å². The SMILES string of the molecule is CCCC1CC[C@@]2(C)C(=CCC3C2CC[C@@]2(C)C3CC[C@@H]2[C@H](C)CCCC(C)C)C1. The van der Waals surface area contributed by atoms with E-state index in [1.165, 1.54) is 83.5 Å². The van der Waals surface area contributed by atoms with Crippen LogP contribution in [0.5, 0.6) is 0 Å². The lowest BCUT2D eigenvalue weighted by Crippen LogP contribution is -2.50.